The maximum Gasteiger partial charge on any atom is 0.162 e. The van der Waals surface area contributed by atoms with E-state index in [-0.39, 0.29) is 17.5 Å². The van der Waals surface area contributed by atoms with E-state index in [0.29, 0.717) is 18.7 Å². The molecule has 104 valence electrons. The largest absolute Gasteiger partial charge is 0.385 e. The van der Waals surface area contributed by atoms with Crippen LogP contribution in [0.25, 0.3) is 0 Å². The van der Waals surface area contributed by atoms with Crippen molar-refractivity contribution in [3.8, 4) is 0 Å². The van der Waals surface area contributed by atoms with Crippen LogP contribution in [-0.2, 0) is 9.84 Å². The summed E-state index contributed by atoms with van der Waals surface area (Å²) in [7, 11) is -2.81. The Bertz CT molecular complexity index is 549. The normalized spacial score (nSPS) is 21.2. The van der Waals surface area contributed by atoms with Crippen LogP contribution in [0.1, 0.15) is 30.1 Å². The molecule has 1 atom stereocenters. The molecular formula is C14H19NO3S. The van der Waals surface area contributed by atoms with Gasteiger partial charge in [-0.1, -0.05) is 6.92 Å². The molecule has 1 aromatic carbocycles. The number of ketones is 1. The molecule has 1 N–H and O–H groups in total. The molecule has 5 heteroatoms. The second kappa shape index (κ2) is 5.74. The Morgan fingerprint density at radius 2 is 2.00 bits per heavy atom. The number of carbonyl (C=O) groups excluding carboxylic acids is 1. The Balaban J connectivity index is 1.89. The minimum Gasteiger partial charge on any atom is -0.385 e. The molecule has 1 heterocycles. The monoisotopic (exact) mass is 281 g/mol. The number of Topliss-reactive ketones (excluding diaryl/α,β-unsaturated/α-hetero) is 1. The lowest BCUT2D eigenvalue weighted by atomic mass is 10.1. The molecule has 0 aliphatic carbocycles. The Hall–Kier alpha value is -1.36. The maximum atomic E-state index is 11.5. The second-order valence-electron chi connectivity index (χ2n) is 5.00. The van der Waals surface area contributed by atoms with Gasteiger partial charge in [-0.05, 0) is 36.6 Å². The number of rotatable bonds is 5. The molecule has 0 bridgehead atoms. The van der Waals surface area contributed by atoms with E-state index in [4.69, 9.17) is 0 Å². The van der Waals surface area contributed by atoms with Gasteiger partial charge in [-0.25, -0.2) is 8.42 Å². The van der Waals surface area contributed by atoms with E-state index in [9.17, 15) is 13.2 Å². The highest BCUT2D eigenvalue weighted by Crippen LogP contribution is 2.19. The SMILES string of the molecule is CCC(=O)c1ccc(NCC2CCS(=O)(=O)C2)cc1. The third kappa shape index (κ3) is 3.80. The number of carbonyl (C=O) groups is 1. The summed E-state index contributed by atoms with van der Waals surface area (Å²) in [5.74, 6) is 0.922. The lowest BCUT2D eigenvalue weighted by molar-refractivity contribution is 0.0988. The van der Waals surface area contributed by atoms with Crippen molar-refractivity contribution in [3.63, 3.8) is 0 Å². The molecule has 1 aromatic rings. The first-order chi connectivity index (χ1) is 9.00. The van der Waals surface area contributed by atoms with E-state index >= 15 is 0 Å². The number of sulfone groups is 1. The van der Waals surface area contributed by atoms with Crippen LogP contribution in [-0.4, -0.2) is 32.3 Å². The van der Waals surface area contributed by atoms with Gasteiger partial charge in [0.2, 0.25) is 0 Å². The quantitative estimate of drug-likeness (QED) is 0.840. The molecule has 1 aliphatic heterocycles. The van der Waals surface area contributed by atoms with Crippen molar-refractivity contribution in [1.29, 1.82) is 0 Å². The standard InChI is InChI=1S/C14H19NO3S/c1-2-14(16)12-3-5-13(6-4-12)15-9-11-7-8-19(17,18)10-11/h3-6,11,15H,2,7-10H2,1H3. The van der Waals surface area contributed by atoms with Crippen LogP contribution >= 0.6 is 0 Å². The lowest BCUT2D eigenvalue weighted by Gasteiger charge is -2.11. The number of benzene rings is 1. The van der Waals surface area contributed by atoms with Gasteiger partial charge >= 0.3 is 0 Å². The molecule has 1 unspecified atom stereocenters. The van der Waals surface area contributed by atoms with Crippen LogP contribution in [0.4, 0.5) is 5.69 Å². The summed E-state index contributed by atoms with van der Waals surface area (Å²) >= 11 is 0. The molecule has 0 amide bonds. The highest BCUT2D eigenvalue weighted by molar-refractivity contribution is 7.91. The summed E-state index contributed by atoms with van der Waals surface area (Å²) in [4.78, 5) is 11.5. The Kier molecular flexibility index (Phi) is 4.24. The van der Waals surface area contributed by atoms with Crippen molar-refractivity contribution in [3.05, 3.63) is 29.8 Å². The average molecular weight is 281 g/mol. The minimum absolute atomic E-state index is 0.133. The highest BCUT2D eigenvalue weighted by Gasteiger charge is 2.27. The lowest BCUT2D eigenvalue weighted by Crippen LogP contribution is -2.15. The first kappa shape index (κ1) is 14.1. The van der Waals surface area contributed by atoms with Crippen molar-refractivity contribution in [2.45, 2.75) is 19.8 Å². The van der Waals surface area contributed by atoms with E-state index in [1.54, 1.807) is 12.1 Å². The third-order valence-corrected chi connectivity index (χ3v) is 5.29. The van der Waals surface area contributed by atoms with Gasteiger partial charge in [0, 0.05) is 24.2 Å². The van der Waals surface area contributed by atoms with Gasteiger partial charge in [-0.2, -0.15) is 0 Å². The van der Waals surface area contributed by atoms with E-state index in [1.165, 1.54) is 0 Å². The smallest absolute Gasteiger partial charge is 0.162 e. The number of nitrogens with one attached hydrogen (secondary N) is 1. The van der Waals surface area contributed by atoms with Gasteiger partial charge in [0.05, 0.1) is 11.5 Å². The average Bonchev–Trinajstić information content (AvgIpc) is 2.76. The first-order valence-electron chi connectivity index (χ1n) is 6.58. The molecule has 1 aliphatic rings. The Morgan fingerprint density at radius 3 is 2.53 bits per heavy atom. The van der Waals surface area contributed by atoms with E-state index < -0.39 is 9.84 Å². The molecule has 19 heavy (non-hydrogen) atoms. The summed E-state index contributed by atoms with van der Waals surface area (Å²) in [6.07, 6.45) is 1.24. The summed E-state index contributed by atoms with van der Waals surface area (Å²) in [5.41, 5.74) is 1.65. The van der Waals surface area contributed by atoms with Crippen molar-refractivity contribution in [2.24, 2.45) is 5.92 Å². The van der Waals surface area contributed by atoms with Crippen molar-refractivity contribution >= 4 is 21.3 Å². The summed E-state index contributed by atoms with van der Waals surface area (Å²) in [5, 5.41) is 3.23. The zero-order valence-electron chi connectivity index (χ0n) is 11.1. The van der Waals surface area contributed by atoms with Gasteiger partial charge in [0.25, 0.3) is 0 Å². The Morgan fingerprint density at radius 1 is 1.32 bits per heavy atom. The van der Waals surface area contributed by atoms with Crippen LogP contribution in [0, 0.1) is 5.92 Å². The first-order valence-corrected chi connectivity index (χ1v) is 8.40. The molecule has 0 saturated carbocycles. The van der Waals surface area contributed by atoms with Crippen molar-refractivity contribution in [1.82, 2.24) is 0 Å². The summed E-state index contributed by atoms with van der Waals surface area (Å²) in [6, 6.07) is 7.35. The fourth-order valence-corrected chi connectivity index (χ4v) is 4.14. The molecule has 0 radical (unpaired) electrons. The van der Waals surface area contributed by atoms with Gasteiger partial charge in [0.1, 0.15) is 0 Å². The van der Waals surface area contributed by atoms with E-state index in [1.807, 2.05) is 19.1 Å². The third-order valence-electron chi connectivity index (χ3n) is 3.45. The predicted octanol–water partition coefficient (Wildman–Crippen LogP) is 2.13. The Labute approximate surface area is 114 Å². The van der Waals surface area contributed by atoms with E-state index in [0.717, 1.165) is 17.7 Å². The highest BCUT2D eigenvalue weighted by atomic mass is 32.2. The van der Waals surface area contributed by atoms with Gasteiger partial charge in [-0.3, -0.25) is 4.79 Å². The van der Waals surface area contributed by atoms with Crippen LogP contribution in [0.5, 0.6) is 0 Å². The zero-order chi connectivity index (χ0) is 13.9. The number of hydrogen-bond acceptors (Lipinski definition) is 4. The molecule has 0 aromatic heterocycles. The van der Waals surface area contributed by atoms with E-state index in [2.05, 4.69) is 5.32 Å². The zero-order valence-corrected chi connectivity index (χ0v) is 11.9. The fraction of sp³-hybridized carbons (Fsp3) is 0.500. The van der Waals surface area contributed by atoms with Crippen LogP contribution in [0.15, 0.2) is 24.3 Å². The fourth-order valence-electron chi connectivity index (χ4n) is 2.27. The van der Waals surface area contributed by atoms with Gasteiger partial charge in [-0.15, -0.1) is 0 Å². The minimum atomic E-state index is -2.81. The molecule has 2 rings (SSSR count). The molecule has 1 fully saturated rings. The van der Waals surface area contributed by atoms with Crippen molar-refractivity contribution < 1.29 is 13.2 Å². The summed E-state index contributed by atoms with van der Waals surface area (Å²) in [6.45, 7) is 2.51. The van der Waals surface area contributed by atoms with Gasteiger partial charge < -0.3 is 5.32 Å². The number of anilines is 1. The maximum absolute atomic E-state index is 11.5. The van der Waals surface area contributed by atoms with Gasteiger partial charge in [0.15, 0.2) is 15.6 Å². The van der Waals surface area contributed by atoms with Crippen LogP contribution < -0.4 is 5.32 Å². The molecule has 0 spiro atoms. The van der Waals surface area contributed by atoms with Crippen molar-refractivity contribution in [2.75, 3.05) is 23.4 Å². The molecule has 1 saturated heterocycles. The topological polar surface area (TPSA) is 63.2 Å². The predicted molar refractivity (Wildman–Crippen MR) is 76.3 cm³/mol. The second-order valence-corrected chi connectivity index (χ2v) is 7.23. The number of hydrogen-bond donors (Lipinski definition) is 1. The molecule has 4 nitrogen and oxygen atoms in total. The summed E-state index contributed by atoms with van der Waals surface area (Å²) < 4.78 is 22.7. The van der Waals surface area contributed by atoms with Crippen LogP contribution in [0.2, 0.25) is 0 Å². The van der Waals surface area contributed by atoms with Crippen LogP contribution in [0.3, 0.4) is 0 Å². The molecular weight excluding hydrogens is 262 g/mol.